The average Bonchev–Trinajstić information content (AvgIpc) is 2.39. The maximum atomic E-state index is 12.3. The molecule has 0 unspecified atom stereocenters. The van der Waals surface area contributed by atoms with Gasteiger partial charge in [0, 0.05) is 6.20 Å². The Balaban J connectivity index is 2.22. The van der Waals surface area contributed by atoms with E-state index in [9.17, 15) is 14.7 Å². The average molecular weight is 277 g/mol. The van der Waals surface area contributed by atoms with Gasteiger partial charge in [-0.3, -0.25) is 4.79 Å². The summed E-state index contributed by atoms with van der Waals surface area (Å²) in [4.78, 5) is 32.0. The van der Waals surface area contributed by atoms with Gasteiger partial charge in [-0.15, -0.1) is 0 Å². The zero-order chi connectivity index (χ0) is 14.8. The highest BCUT2D eigenvalue weighted by molar-refractivity contribution is 5.98. The van der Waals surface area contributed by atoms with Crippen LogP contribution in [0.3, 0.4) is 0 Å². The molecule has 2 N–H and O–H groups in total. The van der Waals surface area contributed by atoms with Crippen molar-refractivity contribution >= 4 is 11.9 Å². The lowest BCUT2D eigenvalue weighted by Crippen LogP contribution is -2.55. The normalized spacial score (nSPS) is 17.5. The Morgan fingerprint density at radius 1 is 1.25 bits per heavy atom. The van der Waals surface area contributed by atoms with E-state index in [-0.39, 0.29) is 0 Å². The van der Waals surface area contributed by atoms with Gasteiger partial charge in [-0.05, 0) is 26.7 Å². The van der Waals surface area contributed by atoms with E-state index in [1.165, 1.54) is 6.20 Å². The highest BCUT2D eigenvalue weighted by Crippen LogP contribution is 2.29. The molecule has 1 aliphatic rings. The highest BCUT2D eigenvalue weighted by Gasteiger charge is 2.41. The Hall–Kier alpha value is -1.98. The van der Waals surface area contributed by atoms with Crippen molar-refractivity contribution in [1.82, 2.24) is 15.3 Å². The van der Waals surface area contributed by atoms with E-state index >= 15 is 0 Å². The van der Waals surface area contributed by atoms with Gasteiger partial charge < -0.3 is 10.4 Å². The molecule has 1 aromatic heterocycles. The number of amides is 1. The smallest absolute Gasteiger partial charge is 0.329 e. The third-order valence-corrected chi connectivity index (χ3v) is 3.81. The number of aliphatic carboxylic acids is 1. The largest absolute Gasteiger partial charge is 0.480 e. The van der Waals surface area contributed by atoms with Crippen LogP contribution >= 0.6 is 0 Å². The molecule has 0 spiro atoms. The zero-order valence-electron chi connectivity index (χ0n) is 11.8. The number of nitrogens with one attached hydrogen (secondary N) is 1. The van der Waals surface area contributed by atoms with Crippen LogP contribution in [0.25, 0.3) is 0 Å². The van der Waals surface area contributed by atoms with E-state index in [1.807, 2.05) is 0 Å². The molecule has 0 radical (unpaired) electrons. The van der Waals surface area contributed by atoms with Gasteiger partial charge in [-0.1, -0.05) is 19.3 Å². The molecule has 20 heavy (non-hydrogen) atoms. The summed E-state index contributed by atoms with van der Waals surface area (Å²) in [6.45, 7) is 3.46. The van der Waals surface area contributed by atoms with Gasteiger partial charge in [-0.2, -0.15) is 0 Å². The van der Waals surface area contributed by atoms with Crippen molar-refractivity contribution in [1.29, 1.82) is 0 Å². The van der Waals surface area contributed by atoms with Crippen LogP contribution in [0.4, 0.5) is 0 Å². The van der Waals surface area contributed by atoms with E-state index < -0.39 is 17.4 Å². The number of carbonyl (C=O) groups is 2. The summed E-state index contributed by atoms with van der Waals surface area (Å²) in [7, 11) is 0. The monoisotopic (exact) mass is 277 g/mol. The van der Waals surface area contributed by atoms with Crippen LogP contribution in [0.1, 0.15) is 54.0 Å². The SMILES string of the molecule is Cc1ncc(C(=O)NC2(C(=O)O)CCCCC2)c(C)n1. The molecule has 1 aliphatic carbocycles. The minimum atomic E-state index is -1.15. The maximum absolute atomic E-state index is 12.3. The van der Waals surface area contributed by atoms with Crippen LogP contribution in [-0.2, 0) is 4.79 Å². The molecule has 0 atom stereocenters. The number of carboxylic acid groups (broad SMARTS) is 1. The topological polar surface area (TPSA) is 92.2 Å². The summed E-state index contributed by atoms with van der Waals surface area (Å²) in [5.41, 5.74) is -0.250. The number of aromatic nitrogens is 2. The minimum Gasteiger partial charge on any atom is -0.480 e. The highest BCUT2D eigenvalue weighted by atomic mass is 16.4. The number of hydrogen-bond donors (Lipinski definition) is 2. The fourth-order valence-electron chi connectivity index (χ4n) is 2.64. The second-order valence-electron chi connectivity index (χ2n) is 5.32. The van der Waals surface area contributed by atoms with E-state index in [0.717, 1.165) is 19.3 Å². The van der Waals surface area contributed by atoms with E-state index in [0.29, 0.717) is 29.9 Å². The molecule has 6 heteroatoms. The second-order valence-corrected chi connectivity index (χ2v) is 5.32. The summed E-state index contributed by atoms with van der Waals surface area (Å²) < 4.78 is 0. The fourth-order valence-corrected chi connectivity index (χ4v) is 2.64. The van der Waals surface area contributed by atoms with Crippen molar-refractivity contribution in [2.75, 3.05) is 0 Å². The van der Waals surface area contributed by atoms with Crippen molar-refractivity contribution in [3.05, 3.63) is 23.3 Å². The molecule has 2 rings (SSSR count). The molecule has 6 nitrogen and oxygen atoms in total. The molecule has 0 aliphatic heterocycles. The lowest BCUT2D eigenvalue weighted by Gasteiger charge is -2.34. The second kappa shape index (κ2) is 5.56. The predicted octanol–water partition coefficient (Wildman–Crippen LogP) is 1.61. The van der Waals surface area contributed by atoms with Crippen LogP contribution in [0.2, 0.25) is 0 Å². The molecule has 1 amide bonds. The van der Waals surface area contributed by atoms with Crippen LogP contribution in [0.5, 0.6) is 0 Å². The van der Waals surface area contributed by atoms with Gasteiger partial charge >= 0.3 is 5.97 Å². The van der Waals surface area contributed by atoms with Crippen LogP contribution < -0.4 is 5.32 Å². The van der Waals surface area contributed by atoms with Gasteiger partial charge in [0.15, 0.2) is 0 Å². The summed E-state index contributed by atoms with van der Waals surface area (Å²) in [5, 5.41) is 12.1. The van der Waals surface area contributed by atoms with Gasteiger partial charge in [0.25, 0.3) is 5.91 Å². The Morgan fingerprint density at radius 3 is 2.45 bits per heavy atom. The molecule has 0 bridgehead atoms. The first-order valence-electron chi connectivity index (χ1n) is 6.81. The quantitative estimate of drug-likeness (QED) is 0.875. The van der Waals surface area contributed by atoms with E-state index in [2.05, 4.69) is 15.3 Å². The van der Waals surface area contributed by atoms with Crippen LogP contribution in [0.15, 0.2) is 6.20 Å². The molecule has 1 saturated carbocycles. The third-order valence-electron chi connectivity index (χ3n) is 3.81. The molecule has 1 fully saturated rings. The molecular weight excluding hydrogens is 258 g/mol. The Bertz CT molecular complexity index is 536. The Morgan fingerprint density at radius 2 is 1.90 bits per heavy atom. The molecule has 0 aromatic carbocycles. The molecule has 1 aromatic rings. The maximum Gasteiger partial charge on any atom is 0.329 e. The Labute approximate surface area is 117 Å². The number of carboxylic acids is 1. The number of rotatable bonds is 3. The predicted molar refractivity (Wildman–Crippen MR) is 72.4 cm³/mol. The lowest BCUT2D eigenvalue weighted by molar-refractivity contribution is -0.145. The minimum absolute atomic E-state index is 0.335. The first kappa shape index (κ1) is 14.4. The molecule has 1 heterocycles. The molecule has 0 saturated heterocycles. The summed E-state index contributed by atoms with van der Waals surface area (Å²) in [6.07, 6.45) is 5.04. The Kier molecular flexibility index (Phi) is 4.01. The third kappa shape index (κ3) is 2.79. The van der Waals surface area contributed by atoms with Crippen LogP contribution in [-0.4, -0.2) is 32.5 Å². The molecule has 108 valence electrons. The van der Waals surface area contributed by atoms with Crippen molar-refractivity contribution in [2.24, 2.45) is 0 Å². The van der Waals surface area contributed by atoms with Crippen molar-refractivity contribution in [3.8, 4) is 0 Å². The summed E-state index contributed by atoms with van der Waals surface area (Å²) in [5.74, 6) is -0.785. The number of aryl methyl sites for hydroxylation is 2. The van der Waals surface area contributed by atoms with Gasteiger partial charge in [-0.25, -0.2) is 14.8 Å². The molecular formula is C14H19N3O3. The summed E-state index contributed by atoms with van der Waals surface area (Å²) >= 11 is 0. The van der Waals surface area contributed by atoms with Crippen molar-refractivity contribution in [2.45, 2.75) is 51.5 Å². The number of carbonyl (C=O) groups excluding carboxylic acids is 1. The van der Waals surface area contributed by atoms with Crippen molar-refractivity contribution in [3.63, 3.8) is 0 Å². The standard InChI is InChI=1S/C14H19N3O3/c1-9-11(8-15-10(2)16-9)12(18)17-14(13(19)20)6-4-3-5-7-14/h8H,3-7H2,1-2H3,(H,17,18)(H,19,20). The van der Waals surface area contributed by atoms with Crippen molar-refractivity contribution < 1.29 is 14.7 Å². The van der Waals surface area contributed by atoms with E-state index in [1.54, 1.807) is 13.8 Å². The fraction of sp³-hybridized carbons (Fsp3) is 0.571. The van der Waals surface area contributed by atoms with Gasteiger partial charge in [0.2, 0.25) is 0 Å². The first-order valence-corrected chi connectivity index (χ1v) is 6.81. The lowest BCUT2D eigenvalue weighted by atomic mass is 9.81. The van der Waals surface area contributed by atoms with Gasteiger partial charge in [0.05, 0.1) is 11.3 Å². The van der Waals surface area contributed by atoms with E-state index in [4.69, 9.17) is 0 Å². The van der Waals surface area contributed by atoms with Gasteiger partial charge in [0.1, 0.15) is 11.4 Å². The number of hydrogen-bond acceptors (Lipinski definition) is 4. The number of nitrogens with zero attached hydrogens (tertiary/aromatic N) is 2. The first-order chi connectivity index (χ1) is 9.44. The van der Waals surface area contributed by atoms with Crippen LogP contribution in [0, 0.1) is 13.8 Å². The zero-order valence-corrected chi connectivity index (χ0v) is 11.8. The summed E-state index contributed by atoms with van der Waals surface area (Å²) in [6, 6.07) is 0.